The first-order valence-electron chi connectivity index (χ1n) is 8.14. The van der Waals surface area contributed by atoms with E-state index in [-0.39, 0.29) is 5.82 Å². The third-order valence-electron chi connectivity index (χ3n) is 4.55. The maximum Gasteiger partial charge on any atom is 0.133 e. The standard InChI is InChI=1S/C20H19FN4/c1-13-8-9-17(21)16(10-13)14(2)25-12-15-11-22-24(3)20(15)23-18-6-4-5-7-19(18)25/h4-11,23H,2,12H2,1,3H3. The number of benzene rings is 2. The highest BCUT2D eigenvalue weighted by Gasteiger charge is 2.24. The zero-order valence-corrected chi connectivity index (χ0v) is 14.3. The number of hydrogen-bond acceptors (Lipinski definition) is 3. The van der Waals surface area contributed by atoms with Gasteiger partial charge in [0.1, 0.15) is 11.6 Å². The van der Waals surface area contributed by atoms with E-state index in [1.165, 1.54) is 6.07 Å². The average Bonchev–Trinajstić information content (AvgIpc) is 2.86. The second-order valence-electron chi connectivity index (χ2n) is 6.30. The molecule has 0 radical (unpaired) electrons. The molecule has 1 aromatic heterocycles. The van der Waals surface area contributed by atoms with E-state index in [0.717, 1.165) is 28.3 Å². The summed E-state index contributed by atoms with van der Waals surface area (Å²) in [5.41, 5.74) is 5.09. The van der Waals surface area contributed by atoms with E-state index in [9.17, 15) is 4.39 Å². The van der Waals surface area contributed by atoms with Crippen molar-refractivity contribution in [3.63, 3.8) is 0 Å². The number of nitrogens with one attached hydrogen (secondary N) is 1. The van der Waals surface area contributed by atoms with Crippen LogP contribution in [0.15, 0.2) is 55.2 Å². The van der Waals surface area contributed by atoms with Gasteiger partial charge in [0.25, 0.3) is 0 Å². The minimum atomic E-state index is -0.267. The highest BCUT2D eigenvalue weighted by Crippen LogP contribution is 2.39. The van der Waals surface area contributed by atoms with Crippen molar-refractivity contribution < 1.29 is 4.39 Å². The van der Waals surface area contributed by atoms with Crippen LogP contribution in [0.5, 0.6) is 0 Å². The zero-order valence-electron chi connectivity index (χ0n) is 14.3. The highest BCUT2D eigenvalue weighted by molar-refractivity contribution is 5.87. The molecule has 0 fully saturated rings. The smallest absolute Gasteiger partial charge is 0.133 e. The van der Waals surface area contributed by atoms with Crippen molar-refractivity contribution in [2.45, 2.75) is 13.5 Å². The molecular formula is C20H19FN4. The molecule has 0 bridgehead atoms. The molecule has 0 unspecified atom stereocenters. The molecule has 4 nitrogen and oxygen atoms in total. The molecule has 1 aliphatic rings. The topological polar surface area (TPSA) is 33.1 Å². The van der Waals surface area contributed by atoms with Gasteiger partial charge in [0.2, 0.25) is 0 Å². The Morgan fingerprint density at radius 2 is 2.04 bits per heavy atom. The van der Waals surface area contributed by atoms with Gasteiger partial charge in [-0.15, -0.1) is 0 Å². The summed E-state index contributed by atoms with van der Waals surface area (Å²) in [5, 5.41) is 7.77. The van der Waals surface area contributed by atoms with Crippen LogP contribution in [0.2, 0.25) is 0 Å². The van der Waals surface area contributed by atoms with E-state index in [0.29, 0.717) is 17.8 Å². The third kappa shape index (κ3) is 2.58. The molecule has 3 aromatic rings. The van der Waals surface area contributed by atoms with Gasteiger partial charge in [-0.3, -0.25) is 4.68 Å². The van der Waals surface area contributed by atoms with Crippen LogP contribution in [0.25, 0.3) is 5.70 Å². The minimum absolute atomic E-state index is 0.267. The van der Waals surface area contributed by atoms with Crippen LogP contribution < -0.4 is 10.2 Å². The summed E-state index contributed by atoms with van der Waals surface area (Å²) in [6.07, 6.45) is 1.83. The second kappa shape index (κ2) is 5.77. The number of para-hydroxylation sites is 2. The number of halogens is 1. The van der Waals surface area contributed by atoms with Gasteiger partial charge in [-0.25, -0.2) is 4.39 Å². The molecule has 0 saturated carbocycles. The Balaban J connectivity index is 1.85. The number of hydrogen-bond donors (Lipinski definition) is 1. The lowest BCUT2D eigenvalue weighted by atomic mass is 10.1. The Hall–Kier alpha value is -3.08. The molecule has 126 valence electrons. The molecule has 0 atom stereocenters. The van der Waals surface area contributed by atoms with E-state index in [2.05, 4.69) is 17.0 Å². The summed E-state index contributed by atoms with van der Waals surface area (Å²) in [7, 11) is 1.90. The zero-order chi connectivity index (χ0) is 17.6. The fraction of sp³-hybridized carbons (Fsp3) is 0.150. The lowest BCUT2D eigenvalue weighted by Crippen LogP contribution is -2.20. The third-order valence-corrected chi connectivity index (χ3v) is 4.55. The monoisotopic (exact) mass is 334 g/mol. The van der Waals surface area contributed by atoms with Gasteiger partial charge in [0.05, 0.1) is 24.1 Å². The normalized spacial score (nSPS) is 12.8. The van der Waals surface area contributed by atoms with Crippen molar-refractivity contribution in [3.8, 4) is 0 Å². The molecule has 4 rings (SSSR count). The molecule has 25 heavy (non-hydrogen) atoms. The number of anilines is 3. The Morgan fingerprint density at radius 3 is 2.88 bits per heavy atom. The molecule has 1 aliphatic heterocycles. The Kier molecular flexibility index (Phi) is 3.57. The maximum absolute atomic E-state index is 14.4. The van der Waals surface area contributed by atoms with Crippen molar-refractivity contribution in [3.05, 3.63) is 77.7 Å². The first kappa shape index (κ1) is 15.4. The van der Waals surface area contributed by atoms with Crippen LogP contribution in [-0.2, 0) is 13.6 Å². The summed E-state index contributed by atoms with van der Waals surface area (Å²) in [6, 6.07) is 13.1. The molecule has 0 saturated heterocycles. The largest absolute Gasteiger partial charge is 0.338 e. The van der Waals surface area contributed by atoms with E-state index < -0.39 is 0 Å². The van der Waals surface area contributed by atoms with Crippen molar-refractivity contribution in [1.82, 2.24) is 9.78 Å². The molecule has 2 aromatic carbocycles. The average molecular weight is 334 g/mol. The van der Waals surface area contributed by atoms with E-state index >= 15 is 0 Å². The SMILES string of the molecule is C=C(c1cc(C)ccc1F)N1Cc2cnn(C)c2Nc2ccccc21. The summed E-state index contributed by atoms with van der Waals surface area (Å²) in [6.45, 7) is 6.72. The highest BCUT2D eigenvalue weighted by atomic mass is 19.1. The Morgan fingerprint density at radius 1 is 1.24 bits per heavy atom. The van der Waals surface area contributed by atoms with Crippen LogP contribution in [0, 0.1) is 12.7 Å². The number of aromatic nitrogens is 2. The molecule has 1 N–H and O–H groups in total. The summed E-state index contributed by atoms with van der Waals surface area (Å²) >= 11 is 0. The van der Waals surface area contributed by atoms with Crippen LogP contribution >= 0.6 is 0 Å². The number of fused-ring (bicyclic) bond motifs is 2. The fourth-order valence-corrected chi connectivity index (χ4v) is 3.20. The quantitative estimate of drug-likeness (QED) is 0.743. The van der Waals surface area contributed by atoms with Crippen molar-refractivity contribution in [1.29, 1.82) is 0 Å². The lowest BCUT2D eigenvalue weighted by molar-refractivity contribution is 0.622. The van der Waals surface area contributed by atoms with Gasteiger partial charge in [-0.2, -0.15) is 5.10 Å². The van der Waals surface area contributed by atoms with Crippen molar-refractivity contribution in [2.75, 3.05) is 10.2 Å². The Labute approximate surface area is 146 Å². The van der Waals surface area contributed by atoms with Crippen LogP contribution in [0.3, 0.4) is 0 Å². The molecule has 0 aliphatic carbocycles. The number of rotatable bonds is 2. The molecule has 0 amide bonds. The first-order chi connectivity index (χ1) is 12.0. The van der Waals surface area contributed by atoms with Gasteiger partial charge in [-0.05, 0) is 31.2 Å². The molecule has 0 spiro atoms. The van der Waals surface area contributed by atoms with Crippen LogP contribution in [-0.4, -0.2) is 9.78 Å². The summed E-state index contributed by atoms with van der Waals surface area (Å²) in [4.78, 5) is 2.04. The van der Waals surface area contributed by atoms with Crippen molar-refractivity contribution >= 4 is 22.9 Å². The summed E-state index contributed by atoms with van der Waals surface area (Å²) < 4.78 is 16.2. The van der Waals surface area contributed by atoms with Crippen molar-refractivity contribution in [2.24, 2.45) is 7.05 Å². The van der Waals surface area contributed by atoms with Gasteiger partial charge in [0.15, 0.2) is 0 Å². The summed E-state index contributed by atoms with van der Waals surface area (Å²) in [5.74, 6) is 0.671. The van der Waals surface area contributed by atoms with E-state index in [1.807, 2.05) is 60.1 Å². The van der Waals surface area contributed by atoms with Gasteiger partial charge in [0, 0.05) is 23.9 Å². The van der Waals surface area contributed by atoms with E-state index in [4.69, 9.17) is 0 Å². The second-order valence-corrected chi connectivity index (χ2v) is 6.30. The van der Waals surface area contributed by atoms with Gasteiger partial charge < -0.3 is 10.2 Å². The Bertz CT molecular complexity index is 974. The molecular weight excluding hydrogens is 315 g/mol. The molecule has 5 heteroatoms. The number of nitrogens with zero attached hydrogens (tertiary/aromatic N) is 3. The van der Waals surface area contributed by atoms with Gasteiger partial charge in [-0.1, -0.05) is 30.3 Å². The predicted molar refractivity (Wildman–Crippen MR) is 99.3 cm³/mol. The maximum atomic E-state index is 14.4. The van der Waals surface area contributed by atoms with Crippen LogP contribution in [0.1, 0.15) is 16.7 Å². The number of aryl methyl sites for hydroxylation is 2. The van der Waals surface area contributed by atoms with Gasteiger partial charge >= 0.3 is 0 Å². The van der Waals surface area contributed by atoms with Crippen LogP contribution in [0.4, 0.5) is 21.6 Å². The predicted octanol–water partition coefficient (Wildman–Crippen LogP) is 4.60. The molecule has 2 heterocycles. The van der Waals surface area contributed by atoms with E-state index in [1.54, 1.807) is 6.07 Å². The minimum Gasteiger partial charge on any atom is -0.338 e. The fourth-order valence-electron chi connectivity index (χ4n) is 3.20. The lowest BCUT2D eigenvalue weighted by Gasteiger charge is -2.27. The first-order valence-corrected chi connectivity index (χ1v) is 8.14.